The molecule has 5 rings (SSSR count). The standard InChI is InChI=1S/C29H35N3O5S/c1-18-8-7-9-19(2)25(18)37-16-23(33)30-22(14-20-10-5-4-6-11-20)24(34)27(35)31-17-38-29(3)26(31)28(36)32(29)15-21-12-13-21/h4-11,21-22,24,26,34H,12-17H2,1-3H3,(H,30,33)/t22-,24-,26+,29?/m0/s1. The average molecular weight is 538 g/mol. The number of nitrogens with one attached hydrogen (secondary N) is 1. The molecule has 2 aromatic carbocycles. The van der Waals surface area contributed by atoms with Crippen LogP contribution >= 0.6 is 11.8 Å². The minimum absolute atomic E-state index is 0.0596. The lowest BCUT2D eigenvalue weighted by Gasteiger charge is -2.53. The molecule has 2 aliphatic heterocycles. The maximum absolute atomic E-state index is 13.6. The number of aryl methyl sites for hydroxylation is 2. The fourth-order valence-electron chi connectivity index (χ4n) is 5.42. The van der Waals surface area contributed by atoms with Crippen LogP contribution in [0.5, 0.6) is 5.75 Å². The van der Waals surface area contributed by atoms with Gasteiger partial charge >= 0.3 is 0 Å². The first kappa shape index (κ1) is 26.6. The lowest BCUT2D eigenvalue weighted by Crippen LogP contribution is -2.74. The summed E-state index contributed by atoms with van der Waals surface area (Å²) >= 11 is 1.56. The Morgan fingerprint density at radius 2 is 1.82 bits per heavy atom. The molecule has 38 heavy (non-hydrogen) atoms. The highest BCUT2D eigenvalue weighted by molar-refractivity contribution is 8.01. The van der Waals surface area contributed by atoms with E-state index < -0.39 is 34.9 Å². The van der Waals surface area contributed by atoms with Crippen LogP contribution in [0.1, 0.15) is 36.5 Å². The van der Waals surface area contributed by atoms with E-state index in [1.165, 1.54) is 4.90 Å². The van der Waals surface area contributed by atoms with Gasteiger partial charge in [0, 0.05) is 6.54 Å². The van der Waals surface area contributed by atoms with Gasteiger partial charge in [0.15, 0.2) is 12.7 Å². The summed E-state index contributed by atoms with van der Waals surface area (Å²) in [6, 6.07) is 13.7. The van der Waals surface area contributed by atoms with Crippen molar-refractivity contribution in [2.75, 3.05) is 19.0 Å². The fourth-order valence-corrected chi connectivity index (χ4v) is 6.80. The first-order chi connectivity index (χ1) is 18.2. The number of fused-ring (bicyclic) bond motifs is 1. The normalized spacial score (nSPS) is 23.9. The fraction of sp³-hybridized carbons (Fsp3) is 0.483. The Bertz CT molecular complexity index is 1200. The number of benzene rings is 2. The van der Waals surface area contributed by atoms with Gasteiger partial charge < -0.3 is 25.0 Å². The predicted octanol–water partition coefficient (Wildman–Crippen LogP) is 2.64. The molecule has 1 aliphatic carbocycles. The highest BCUT2D eigenvalue weighted by Crippen LogP contribution is 2.52. The molecule has 202 valence electrons. The largest absolute Gasteiger partial charge is 0.483 e. The number of carbonyl (C=O) groups excluding carboxylic acids is 3. The van der Waals surface area contributed by atoms with Gasteiger partial charge in [-0.3, -0.25) is 14.4 Å². The van der Waals surface area contributed by atoms with E-state index >= 15 is 0 Å². The second-order valence-electron chi connectivity index (χ2n) is 10.7. The van der Waals surface area contributed by atoms with E-state index in [9.17, 15) is 19.5 Å². The van der Waals surface area contributed by atoms with Crippen LogP contribution in [0, 0.1) is 19.8 Å². The number of rotatable bonds is 10. The van der Waals surface area contributed by atoms with Crippen LogP contribution in [0.15, 0.2) is 48.5 Å². The smallest absolute Gasteiger partial charge is 0.258 e. The molecule has 0 bridgehead atoms. The molecular formula is C29H35N3O5S. The van der Waals surface area contributed by atoms with E-state index in [0.29, 0.717) is 17.5 Å². The minimum atomic E-state index is -1.51. The zero-order chi connectivity index (χ0) is 27.0. The maximum atomic E-state index is 13.6. The number of hydrogen-bond acceptors (Lipinski definition) is 6. The van der Waals surface area contributed by atoms with Gasteiger partial charge in [0.1, 0.15) is 16.7 Å². The number of likely N-dealkylation sites (tertiary alicyclic amines) is 1. The number of hydrogen-bond donors (Lipinski definition) is 2. The zero-order valence-corrected chi connectivity index (χ0v) is 22.9. The number of para-hydroxylation sites is 1. The molecule has 2 aromatic rings. The summed E-state index contributed by atoms with van der Waals surface area (Å²) in [4.78, 5) is 42.4. The number of thioether (sulfide) groups is 1. The Morgan fingerprint density at radius 1 is 1.13 bits per heavy atom. The van der Waals surface area contributed by atoms with E-state index in [-0.39, 0.29) is 18.9 Å². The minimum Gasteiger partial charge on any atom is -0.483 e. The Kier molecular flexibility index (Phi) is 7.42. The van der Waals surface area contributed by atoms with E-state index in [2.05, 4.69) is 5.32 Å². The second-order valence-corrected chi connectivity index (χ2v) is 12.1. The Hall–Kier alpha value is -3.04. The number of aliphatic hydroxyl groups is 1. The van der Waals surface area contributed by atoms with Crippen molar-refractivity contribution in [3.05, 3.63) is 65.2 Å². The van der Waals surface area contributed by atoms with Gasteiger partial charge in [0.25, 0.3) is 11.8 Å². The molecule has 9 heteroatoms. The summed E-state index contributed by atoms with van der Waals surface area (Å²) in [5, 5.41) is 14.1. The SMILES string of the molecule is Cc1cccc(C)c1OCC(=O)N[C@@H](Cc1ccccc1)[C@H](O)C(=O)N1CSC2(C)[C@H]1C(=O)N2CC1CC1. The quantitative estimate of drug-likeness (QED) is 0.452. The lowest BCUT2D eigenvalue weighted by molar-refractivity contribution is -0.167. The van der Waals surface area contributed by atoms with Crippen molar-refractivity contribution < 1.29 is 24.2 Å². The van der Waals surface area contributed by atoms with Crippen LogP contribution in [0.25, 0.3) is 0 Å². The van der Waals surface area contributed by atoms with Gasteiger partial charge in [-0.15, -0.1) is 11.8 Å². The first-order valence-electron chi connectivity index (χ1n) is 13.2. The van der Waals surface area contributed by atoms with Crippen molar-refractivity contribution >= 4 is 29.5 Å². The number of β-lactam (4-membered cyclic amide) rings is 1. The first-order valence-corrected chi connectivity index (χ1v) is 14.1. The topological polar surface area (TPSA) is 99.2 Å². The maximum Gasteiger partial charge on any atom is 0.258 e. The van der Waals surface area contributed by atoms with Crippen LogP contribution in [0.4, 0.5) is 0 Å². The predicted molar refractivity (Wildman–Crippen MR) is 145 cm³/mol. The van der Waals surface area contributed by atoms with Crippen molar-refractivity contribution in [1.29, 1.82) is 0 Å². The Balaban J connectivity index is 1.28. The Morgan fingerprint density at radius 3 is 2.47 bits per heavy atom. The third-order valence-electron chi connectivity index (χ3n) is 7.81. The molecule has 3 fully saturated rings. The van der Waals surface area contributed by atoms with Gasteiger partial charge in [0.05, 0.1) is 11.9 Å². The number of amides is 3. The summed E-state index contributed by atoms with van der Waals surface area (Å²) in [6.07, 6.45) is 1.04. The molecular weight excluding hydrogens is 502 g/mol. The molecule has 2 N–H and O–H groups in total. The summed E-state index contributed by atoms with van der Waals surface area (Å²) in [6.45, 7) is 6.32. The van der Waals surface area contributed by atoms with E-state index in [0.717, 1.165) is 36.1 Å². The monoisotopic (exact) mass is 537 g/mol. The summed E-state index contributed by atoms with van der Waals surface area (Å²) < 4.78 is 5.79. The number of aliphatic hydroxyl groups excluding tert-OH is 1. The van der Waals surface area contributed by atoms with Crippen LogP contribution in [-0.2, 0) is 20.8 Å². The molecule has 3 amide bonds. The molecule has 4 atom stereocenters. The van der Waals surface area contributed by atoms with Crippen molar-refractivity contribution in [3.63, 3.8) is 0 Å². The molecule has 3 aliphatic rings. The molecule has 1 unspecified atom stereocenters. The van der Waals surface area contributed by atoms with Crippen molar-refractivity contribution in [2.24, 2.45) is 5.92 Å². The molecule has 0 aromatic heterocycles. The van der Waals surface area contributed by atoms with E-state index in [1.54, 1.807) is 11.8 Å². The summed E-state index contributed by atoms with van der Waals surface area (Å²) in [5.41, 5.74) is 2.71. The highest BCUT2D eigenvalue weighted by Gasteiger charge is 2.65. The summed E-state index contributed by atoms with van der Waals surface area (Å²) in [7, 11) is 0. The third-order valence-corrected chi connectivity index (χ3v) is 9.24. The molecule has 8 nitrogen and oxygen atoms in total. The zero-order valence-electron chi connectivity index (χ0n) is 22.1. The van der Waals surface area contributed by atoms with Gasteiger partial charge in [0.2, 0.25) is 5.91 Å². The van der Waals surface area contributed by atoms with Crippen molar-refractivity contribution in [1.82, 2.24) is 15.1 Å². The number of nitrogens with zero attached hydrogens (tertiary/aromatic N) is 2. The molecule has 2 heterocycles. The van der Waals surface area contributed by atoms with Gasteiger partial charge in [-0.2, -0.15) is 0 Å². The van der Waals surface area contributed by atoms with Crippen molar-refractivity contribution in [2.45, 2.75) is 63.1 Å². The van der Waals surface area contributed by atoms with Gasteiger partial charge in [-0.1, -0.05) is 48.5 Å². The molecule has 0 radical (unpaired) electrons. The van der Waals surface area contributed by atoms with Gasteiger partial charge in [-0.05, 0) is 62.6 Å². The van der Waals surface area contributed by atoms with Crippen LogP contribution < -0.4 is 10.1 Å². The molecule has 0 spiro atoms. The van der Waals surface area contributed by atoms with E-state index in [1.807, 2.05) is 74.2 Å². The molecule has 1 saturated carbocycles. The highest BCUT2D eigenvalue weighted by atomic mass is 32.2. The average Bonchev–Trinajstić information content (AvgIpc) is 3.68. The number of carbonyl (C=O) groups is 3. The summed E-state index contributed by atoms with van der Waals surface area (Å²) in [5.74, 6) is 0.496. The van der Waals surface area contributed by atoms with Gasteiger partial charge in [-0.25, -0.2) is 0 Å². The second kappa shape index (κ2) is 10.6. The van der Waals surface area contributed by atoms with Crippen LogP contribution in [-0.4, -0.2) is 74.7 Å². The van der Waals surface area contributed by atoms with Crippen LogP contribution in [0.2, 0.25) is 0 Å². The lowest BCUT2D eigenvalue weighted by atomic mass is 9.92. The Labute approximate surface area is 227 Å². The molecule has 2 saturated heterocycles. The third kappa shape index (κ3) is 5.14. The van der Waals surface area contributed by atoms with Crippen molar-refractivity contribution in [3.8, 4) is 5.75 Å². The van der Waals surface area contributed by atoms with E-state index in [4.69, 9.17) is 4.74 Å². The number of ether oxygens (including phenoxy) is 1. The van der Waals surface area contributed by atoms with Crippen LogP contribution in [0.3, 0.4) is 0 Å².